The molecule has 5 heteroatoms. The van der Waals surface area contributed by atoms with E-state index in [9.17, 15) is 0 Å². The molecule has 0 saturated heterocycles. The van der Waals surface area contributed by atoms with Crippen LogP contribution in [0.15, 0.2) is 12.1 Å². The number of hydrogen-bond acceptors (Lipinski definition) is 4. The highest BCUT2D eigenvalue weighted by atomic mass is 35.5. The van der Waals surface area contributed by atoms with E-state index >= 15 is 0 Å². The molecular weight excluding hydrogens is 278 g/mol. The molecule has 0 saturated carbocycles. The quantitative estimate of drug-likeness (QED) is 0.673. The number of halogens is 1. The first-order valence-electron chi connectivity index (χ1n) is 6.91. The molecule has 0 aliphatic rings. The molecule has 0 amide bonds. The predicted octanol–water partition coefficient (Wildman–Crippen LogP) is 3.26. The van der Waals surface area contributed by atoms with E-state index < -0.39 is 0 Å². The van der Waals surface area contributed by atoms with Gasteiger partial charge in [-0.1, -0.05) is 18.5 Å². The molecule has 0 unspecified atom stereocenters. The molecule has 0 bridgehead atoms. The summed E-state index contributed by atoms with van der Waals surface area (Å²) in [4.78, 5) is 0. The Kier molecular flexibility index (Phi) is 8.42. The molecule has 4 nitrogen and oxygen atoms in total. The Morgan fingerprint density at radius 1 is 1.20 bits per heavy atom. The minimum atomic E-state index is 0.652. The summed E-state index contributed by atoms with van der Waals surface area (Å²) in [6.45, 7) is 5.07. The second-order valence-electron chi connectivity index (χ2n) is 4.47. The van der Waals surface area contributed by atoms with Crippen LogP contribution in [0.1, 0.15) is 25.3 Å². The first-order chi connectivity index (χ1) is 9.72. The Labute approximate surface area is 126 Å². The molecule has 0 aliphatic heterocycles. The van der Waals surface area contributed by atoms with Crippen LogP contribution >= 0.6 is 11.6 Å². The van der Waals surface area contributed by atoms with Crippen molar-refractivity contribution in [2.45, 2.75) is 26.3 Å². The summed E-state index contributed by atoms with van der Waals surface area (Å²) in [5, 5.41) is 4.01. The van der Waals surface area contributed by atoms with Crippen molar-refractivity contribution < 1.29 is 14.2 Å². The van der Waals surface area contributed by atoms with Gasteiger partial charge in [0.1, 0.15) is 0 Å². The summed E-state index contributed by atoms with van der Waals surface area (Å²) in [6, 6.07) is 3.69. The second kappa shape index (κ2) is 9.86. The molecule has 1 rings (SSSR count). The maximum absolute atomic E-state index is 6.11. The SMILES string of the molecule is CCCOc1c(CNCCCOC)cc(Cl)cc1OC. The Bertz CT molecular complexity index is 399. The third kappa shape index (κ3) is 5.57. The number of nitrogens with one attached hydrogen (secondary N) is 1. The smallest absolute Gasteiger partial charge is 0.165 e. The van der Waals surface area contributed by atoms with Crippen molar-refractivity contribution in [3.8, 4) is 11.5 Å². The van der Waals surface area contributed by atoms with E-state index in [4.69, 9.17) is 25.8 Å². The van der Waals surface area contributed by atoms with Crippen LogP contribution in [0.25, 0.3) is 0 Å². The van der Waals surface area contributed by atoms with Crippen LogP contribution < -0.4 is 14.8 Å². The highest BCUT2D eigenvalue weighted by molar-refractivity contribution is 6.30. The number of benzene rings is 1. The van der Waals surface area contributed by atoms with Gasteiger partial charge in [-0.2, -0.15) is 0 Å². The van der Waals surface area contributed by atoms with E-state index in [1.165, 1.54) is 0 Å². The second-order valence-corrected chi connectivity index (χ2v) is 4.90. The summed E-state index contributed by atoms with van der Waals surface area (Å²) in [5.41, 5.74) is 1.01. The van der Waals surface area contributed by atoms with Gasteiger partial charge in [0.25, 0.3) is 0 Å². The fourth-order valence-electron chi connectivity index (χ4n) is 1.84. The largest absolute Gasteiger partial charge is 0.493 e. The van der Waals surface area contributed by atoms with Crippen LogP contribution in [-0.2, 0) is 11.3 Å². The average molecular weight is 302 g/mol. The van der Waals surface area contributed by atoms with E-state index in [0.717, 1.165) is 37.3 Å². The number of hydrogen-bond donors (Lipinski definition) is 1. The Morgan fingerprint density at radius 3 is 2.65 bits per heavy atom. The molecule has 114 valence electrons. The van der Waals surface area contributed by atoms with Gasteiger partial charge in [-0.15, -0.1) is 0 Å². The number of methoxy groups -OCH3 is 2. The zero-order chi connectivity index (χ0) is 14.8. The molecule has 1 N–H and O–H groups in total. The molecule has 0 fully saturated rings. The normalized spacial score (nSPS) is 10.6. The van der Waals surface area contributed by atoms with Crippen LogP contribution in [-0.4, -0.2) is 34.0 Å². The fraction of sp³-hybridized carbons (Fsp3) is 0.600. The van der Waals surface area contributed by atoms with Crippen LogP contribution in [0, 0.1) is 0 Å². The fourth-order valence-corrected chi connectivity index (χ4v) is 2.07. The standard InChI is InChI=1S/C15H24ClNO3/c1-4-7-20-15-12(11-17-6-5-8-18-2)9-13(16)10-14(15)19-3/h9-10,17H,4-8,11H2,1-3H3. The maximum atomic E-state index is 6.11. The number of ether oxygens (including phenoxy) is 3. The highest BCUT2D eigenvalue weighted by Crippen LogP contribution is 2.34. The lowest BCUT2D eigenvalue weighted by Crippen LogP contribution is -2.17. The zero-order valence-corrected chi connectivity index (χ0v) is 13.3. The summed E-state index contributed by atoms with van der Waals surface area (Å²) in [6.07, 6.45) is 1.92. The molecule has 0 atom stereocenters. The molecule has 0 heterocycles. The molecule has 0 aliphatic carbocycles. The van der Waals surface area contributed by atoms with Gasteiger partial charge in [-0.05, 0) is 25.5 Å². The first-order valence-corrected chi connectivity index (χ1v) is 7.29. The minimum absolute atomic E-state index is 0.652. The van der Waals surface area contributed by atoms with Crippen LogP contribution in [0.5, 0.6) is 11.5 Å². The lowest BCUT2D eigenvalue weighted by Gasteiger charge is -2.16. The minimum Gasteiger partial charge on any atom is -0.493 e. The zero-order valence-electron chi connectivity index (χ0n) is 12.5. The van der Waals surface area contributed by atoms with Gasteiger partial charge in [0.2, 0.25) is 0 Å². The summed E-state index contributed by atoms with van der Waals surface area (Å²) < 4.78 is 16.2. The lowest BCUT2D eigenvalue weighted by atomic mass is 10.1. The average Bonchev–Trinajstić information content (AvgIpc) is 2.45. The highest BCUT2D eigenvalue weighted by Gasteiger charge is 2.12. The van der Waals surface area contributed by atoms with Crippen molar-refractivity contribution in [2.75, 3.05) is 34.0 Å². The van der Waals surface area contributed by atoms with E-state index in [2.05, 4.69) is 12.2 Å². The van der Waals surface area contributed by atoms with Crippen molar-refractivity contribution in [1.29, 1.82) is 0 Å². The van der Waals surface area contributed by atoms with Gasteiger partial charge >= 0.3 is 0 Å². The van der Waals surface area contributed by atoms with Crippen molar-refractivity contribution in [3.05, 3.63) is 22.7 Å². The summed E-state index contributed by atoms with van der Waals surface area (Å²) in [5.74, 6) is 1.46. The van der Waals surface area contributed by atoms with Crippen LogP contribution in [0.3, 0.4) is 0 Å². The molecule has 0 aromatic heterocycles. The third-order valence-corrected chi connectivity index (χ3v) is 3.00. The lowest BCUT2D eigenvalue weighted by molar-refractivity contribution is 0.194. The van der Waals surface area contributed by atoms with E-state index in [-0.39, 0.29) is 0 Å². The van der Waals surface area contributed by atoms with Gasteiger partial charge in [-0.25, -0.2) is 0 Å². The third-order valence-electron chi connectivity index (χ3n) is 2.78. The van der Waals surface area contributed by atoms with Crippen LogP contribution in [0.4, 0.5) is 0 Å². The van der Waals surface area contributed by atoms with E-state index in [1.807, 2.05) is 6.07 Å². The Morgan fingerprint density at radius 2 is 2.00 bits per heavy atom. The Balaban J connectivity index is 2.72. The van der Waals surface area contributed by atoms with Gasteiger partial charge in [-0.3, -0.25) is 0 Å². The van der Waals surface area contributed by atoms with E-state index in [0.29, 0.717) is 23.9 Å². The molecule has 0 radical (unpaired) electrons. The maximum Gasteiger partial charge on any atom is 0.165 e. The molecule has 20 heavy (non-hydrogen) atoms. The summed E-state index contributed by atoms with van der Waals surface area (Å²) in [7, 11) is 3.33. The molecule has 1 aromatic carbocycles. The topological polar surface area (TPSA) is 39.7 Å². The van der Waals surface area contributed by atoms with Gasteiger partial charge in [0.05, 0.1) is 13.7 Å². The van der Waals surface area contributed by atoms with Gasteiger partial charge < -0.3 is 19.5 Å². The Hall–Kier alpha value is -0.970. The molecular formula is C15H24ClNO3. The molecule has 1 aromatic rings. The van der Waals surface area contributed by atoms with Crippen molar-refractivity contribution >= 4 is 11.6 Å². The van der Waals surface area contributed by atoms with Crippen LogP contribution in [0.2, 0.25) is 5.02 Å². The predicted molar refractivity (Wildman–Crippen MR) is 82.0 cm³/mol. The van der Waals surface area contributed by atoms with Gasteiger partial charge in [0.15, 0.2) is 11.5 Å². The van der Waals surface area contributed by atoms with Gasteiger partial charge in [0, 0.05) is 36.9 Å². The van der Waals surface area contributed by atoms with Crippen molar-refractivity contribution in [2.24, 2.45) is 0 Å². The van der Waals surface area contributed by atoms with E-state index in [1.54, 1.807) is 20.3 Å². The monoisotopic (exact) mass is 301 g/mol. The number of rotatable bonds is 10. The van der Waals surface area contributed by atoms with Crippen molar-refractivity contribution in [1.82, 2.24) is 5.32 Å². The van der Waals surface area contributed by atoms with Crippen molar-refractivity contribution in [3.63, 3.8) is 0 Å². The first kappa shape index (κ1) is 17.1. The molecule has 0 spiro atoms. The summed E-state index contributed by atoms with van der Waals surface area (Å²) >= 11 is 6.11.